The van der Waals surface area contributed by atoms with Crippen molar-refractivity contribution in [2.24, 2.45) is 0 Å². The molecule has 0 atom stereocenters. The van der Waals surface area contributed by atoms with Gasteiger partial charge in [0.25, 0.3) is 5.91 Å². The Bertz CT molecular complexity index is 668. The van der Waals surface area contributed by atoms with E-state index in [4.69, 9.17) is 14.2 Å². The molecule has 5 heteroatoms. The van der Waals surface area contributed by atoms with Gasteiger partial charge in [0.1, 0.15) is 18.1 Å². The van der Waals surface area contributed by atoms with Gasteiger partial charge in [-0.15, -0.1) is 0 Å². The number of carbonyl (C=O) groups is 1. The van der Waals surface area contributed by atoms with Crippen LogP contribution in [0.3, 0.4) is 0 Å². The van der Waals surface area contributed by atoms with Crippen molar-refractivity contribution in [3.05, 3.63) is 53.6 Å². The van der Waals surface area contributed by atoms with Crippen LogP contribution in [0, 0.1) is 13.8 Å². The highest BCUT2D eigenvalue weighted by atomic mass is 16.5. The molecule has 0 bridgehead atoms. The van der Waals surface area contributed by atoms with Crippen molar-refractivity contribution < 1.29 is 19.0 Å². The van der Waals surface area contributed by atoms with Crippen LogP contribution in [0.2, 0.25) is 0 Å². The molecule has 0 fully saturated rings. The molecular weight excluding hydrogens is 306 g/mol. The summed E-state index contributed by atoms with van der Waals surface area (Å²) < 4.78 is 15.9. The molecule has 0 unspecified atom stereocenters. The minimum atomic E-state index is -0.207. The average Bonchev–Trinajstić information content (AvgIpc) is 2.58. The van der Waals surface area contributed by atoms with E-state index in [0.29, 0.717) is 24.7 Å². The van der Waals surface area contributed by atoms with Gasteiger partial charge in [-0.3, -0.25) is 4.79 Å². The Hall–Kier alpha value is -2.53. The molecule has 1 amide bonds. The SMILES string of the molecule is COCCOc1ccc(NC(=O)COc2ccc(C)c(C)c2)cc1. The quantitative estimate of drug-likeness (QED) is 0.755. The van der Waals surface area contributed by atoms with E-state index in [-0.39, 0.29) is 12.5 Å². The van der Waals surface area contributed by atoms with E-state index >= 15 is 0 Å². The van der Waals surface area contributed by atoms with Gasteiger partial charge in [0.05, 0.1) is 6.61 Å². The van der Waals surface area contributed by atoms with E-state index in [1.165, 1.54) is 5.56 Å². The Morgan fingerprint density at radius 1 is 0.917 bits per heavy atom. The molecule has 0 aliphatic heterocycles. The lowest BCUT2D eigenvalue weighted by atomic mass is 10.1. The molecule has 1 N–H and O–H groups in total. The van der Waals surface area contributed by atoms with Gasteiger partial charge in [-0.1, -0.05) is 6.07 Å². The van der Waals surface area contributed by atoms with Crippen molar-refractivity contribution in [3.63, 3.8) is 0 Å². The minimum Gasteiger partial charge on any atom is -0.491 e. The van der Waals surface area contributed by atoms with Crippen LogP contribution in [0.1, 0.15) is 11.1 Å². The first-order chi connectivity index (χ1) is 11.6. The zero-order chi connectivity index (χ0) is 17.4. The molecule has 128 valence electrons. The number of rotatable bonds is 8. The van der Waals surface area contributed by atoms with Crippen LogP contribution in [-0.4, -0.2) is 32.8 Å². The second-order valence-electron chi connectivity index (χ2n) is 5.45. The fourth-order valence-corrected chi connectivity index (χ4v) is 2.03. The number of benzene rings is 2. The number of hydrogen-bond acceptors (Lipinski definition) is 4. The summed E-state index contributed by atoms with van der Waals surface area (Å²) in [5, 5.41) is 2.79. The number of methoxy groups -OCH3 is 1. The molecule has 2 aromatic rings. The lowest BCUT2D eigenvalue weighted by Gasteiger charge is -2.10. The molecule has 0 saturated heterocycles. The maximum absolute atomic E-state index is 11.9. The Morgan fingerprint density at radius 2 is 1.62 bits per heavy atom. The Morgan fingerprint density at radius 3 is 2.29 bits per heavy atom. The maximum atomic E-state index is 11.9. The van der Waals surface area contributed by atoms with E-state index in [2.05, 4.69) is 5.32 Å². The van der Waals surface area contributed by atoms with Gasteiger partial charge >= 0.3 is 0 Å². The first-order valence-corrected chi connectivity index (χ1v) is 7.80. The lowest BCUT2D eigenvalue weighted by Crippen LogP contribution is -2.20. The largest absolute Gasteiger partial charge is 0.491 e. The van der Waals surface area contributed by atoms with Gasteiger partial charge in [0, 0.05) is 12.8 Å². The third-order valence-corrected chi connectivity index (χ3v) is 3.54. The summed E-state index contributed by atoms with van der Waals surface area (Å²) in [6.45, 7) is 5.04. The van der Waals surface area contributed by atoms with Gasteiger partial charge in [0.2, 0.25) is 0 Å². The normalized spacial score (nSPS) is 10.3. The smallest absolute Gasteiger partial charge is 0.262 e. The standard InChI is InChI=1S/C19H23NO4/c1-14-4-7-18(12-15(14)2)24-13-19(21)20-16-5-8-17(9-6-16)23-11-10-22-3/h4-9,12H,10-11,13H2,1-3H3,(H,20,21). The van der Waals surface area contributed by atoms with Gasteiger partial charge in [-0.2, -0.15) is 0 Å². The number of aryl methyl sites for hydroxylation is 2. The van der Waals surface area contributed by atoms with Crippen molar-refractivity contribution in [1.29, 1.82) is 0 Å². The van der Waals surface area contributed by atoms with Gasteiger partial charge < -0.3 is 19.5 Å². The van der Waals surface area contributed by atoms with Crippen molar-refractivity contribution in [3.8, 4) is 11.5 Å². The molecule has 0 heterocycles. The zero-order valence-electron chi connectivity index (χ0n) is 14.3. The number of ether oxygens (including phenoxy) is 3. The lowest BCUT2D eigenvalue weighted by molar-refractivity contribution is -0.118. The van der Waals surface area contributed by atoms with Crippen LogP contribution in [0.4, 0.5) is 5.69 Å². The molecular formula is C19H23NO4. The minimum absolute atomic E-state index is 0.0331. The first-order valence-electron chi connectivity index (χ1n) is 7.80. The number of carbonyl (C=O) groups excluding carboxylic acids is 1. The van der Waals surface area contributed by atoms with Gasteiger partial charge in [-0.05, 0) is 61.4 Å². The van der Waals surface area contributed by atoms with Crippen molar-refractivity contribution >= 4 is 11.6 Å². The molecule has 2 aromatic carbocycles. The third kappa shape index (κ3) is 5.59. The summed E-state index contributed by atoms with van der Waals surface area (Å²) in [5.41, 5.74) is 3.03. The fourth-order valence-electron chi connectivity index (χ4n) is 2.03. The van der Waals surface area contributed by atoms with Crippen LogP contribution in [0.15, 0.2) is 42.5 Å². The summed E-state index contributed by atoms with van der Waals surface area (Å²) in [6, 6.07) is 12.9. The van der Waals surface area contributed by atoms with Gasteiger partial charge in [-0.25, -0.2) is 0 Å². The first kappa shape index (κ1) is 17.8. The van der Waals surface area contributed by atoms with E-state index in [0.717, 1.165) is 11.3 Å². The van der Waals surface area contributed by atoms with Crippen molar-refractivity contribution in [2.75, 3.05) is 32.2 Å². The fraction of sp³-hybridized carbons (Fsp3) is 0.316. The topological polar surface area (TPSA) is 56.8 Å². The number of amides is 1. The highest BCUT2D eigenvalue weighted by molar-refractivity contribution is 5.91. The summed E-state index contributed by atoms with van der Waals surface area (Å²) in [6.07, 6.45) is 0. The Balaban J connectivity index is 1.80. The van der Waals surface area contributed by atoms with E-state index in [1.54, 1.807) is 31.4 Å². The maximum Gasteiger partial charge on any atom is 0.262 e. The predicted molar refractivity (Wildman–Crippen MR) is 93.9 cm³/mol. The summed E-state index contributed by atoms with van der Waals surface area (Å²) in [7, 11) is 1.63. The second-order valence-corrected chi connectivity index (χ2v) is 5.45. The summed E-state index contributed by atoms with van der Waals surface area (Å²) in [4.78, 5) is 11.9. The average molecular weight is 329 g/mol. The highest BCUT2D eigenvalue weighted by Crippen LogP contribution is 2.17. The van der Waals surface area contributed by atoms with Crippen LogP contribution in [-0.2, 0) is 9.53 Å². The molecule has 0 aromatic heterocycles. The molecule has 0 spiro atoms. The van der Waals surface area contributed by atoms with E-state index in [9.17, 15) is 4.79 Å². The third-order valence-electron chi connectivity index (χ3n) is 3.54. The molecule has 0 aliphatic carbocycles. The van der Waals surface area contributed by atoms with Gasteiger partial charge in [0.15, 0.2) is 6.61 Å². The predicted octanol–water partition coefficient (Wildman–Crippen LogP) is 3.35. The molecule has 0 radical (unpaired) electrons. The van der Waals surface area contributed by atoms with Crippen LogP contribution >= 0.6 is 0 Å². The summed E-state index contributed by atoms with van der Waals surface area (Å²) >= 11 is 0. The monoisotopic (exact) mass is 329 g/mol. The van der Waals surface area contributed by atoms with Crippen LogP contribution in [0.5, 0.6) is 11.5 Å². The van der Waals surface area contributed by atoms with Crippen LogP contribution in [0.25, 0.3) is 0 Å². The zero-order valence-corrected chi connectivity index (χ0v) is 14.3. The number of hydrogen-bond donors (Lipinski definition) is 1. The molecule has 0 aliphatic rings. The molecule has 0 saturated carbocycles. The van der Waals surface area contributed by atoms with Crippen molar-refractivity contribution in [1.82, 2.24) is 0 Å². The van der Waals surface area contributed by atoms with E-state index < -0.39 is 0 Å². The summed E-state index contributed by atoms with van der Waals surface area (Å²) in [5.74, 6) is 1.22. The Kier molecular flexibility index (Phi) is 6.63. The van der Waals surface area contributed by atoms with Crippen LogP contribution < -0.4 is 14.8 Å². The number of nitrogens with one attached hydrogen (secondary N) is 1. The van der Waals surface area contributed by atoms with E-state index in [1.807, 2.05) is 32.0 Å². The highest BCUT2D eigenvalue weighted by Gasteiger charge is 2.05. The molecule has 24 heavy (non-hydrogen) atoms. The molecule has 5 nitrogen and oxygen atoms in total. The Labute approximate surface area is 142 Å². The second kappa shape index (κ2) is 8.93. The molecule has 2 rings (SSSR count). The number of anilines is 1. The van der Waals surface area contributed by atoms with Crippen molar-refractivity contribution in [2.45, 2.75) is 13.8 Å².